The fourth-order valence-corrected chi connectivity index (χ4v) is 2.07. The van der Waals surface area contributed by atoms with Gasteiger partial charge >= 0.3 is 0 Å². The van der Waals surface area contributed by atoms with Crippen LogP contribution in [0.1, 0.15) is 30.7 Å². The normalized spacial score (nSPS) is 18.6. The first-order valence-corrected chi connectivity index (χ1v) is 5.32. The van der Waals surface area contributed by atoms with E-state index < -0.39 is 0 Å². The van der Waals surface area contributed by atoms with Crippen molar-refractivity contribution in [3.63, 3.8) is 0 Å². The van der Waals surface area contributed by atoms with Gasteiger partial charge in [-0.3, -0.25) is 0 Å². The second-order valence-electron chi connectivity index (χ2n) is 3.45. The highest BCUT2D eigenvalue weighted by Crippen LogP contribution is 2.42. The monoisotopic (exact) mass is 199 g/mol. The minimum absolute atomic E-state index is 0.0556. The molecule has 1 atom stereocenters. The molecule has 1 aliphatic rings. The van der Waals surface area contributed by atoms with Gasteiger partial charge in [0, 0.05) is 12.0 Å². The first-order valence-electron chi connectivity index (χ1n) is 4.50. The molecule has 72 valence electrons. The lowest BCUT2D eigenvalue weighted by Gasteiger charge is -2.06. The number of nitrogens with one attached hydrogen (secondary N) is 1. The summed E-state index contributed by atoms with van der Waals surface area (Å²) in [5.74, 6) is 0.664. The van der Waals surface area contributed by atoms with Crippen molar-refractivity contribution >= 4 is 16.5 Å². The van der Waals surface area contributed by atoms with Crippen LogP contribution >= 0.6 is 11.3 Å². The van der Waals surface area contributed by atoms with Crippen LogP contribution in [-0.2, 0) is 0 Å². The van der Waals surface area contributed by atoms with Crippen LogP contribution in [0.4, 0.5) is 5.13 Å². The fourth-order valence-electron chi connectivity index (χ4n) is 1.04. The van der Waals surface area contributed by atoms with E-state index in [1.165, 1.54) is 12.8 Å². The van der Waals surface area contributed by atoms with Crippen LogP contribution in [0, 0.1) is 0 Å². The van der Waals surface area contributed by atoms with E-state index in [1.807, 2.05) is 6.92 Å². The number of hydrogen-bond donors (Lipinski definition) is 2. The Bertz CT molecular complexity index is 285. The molecule has 0 radical (unpaired) electrons. The van der Waals surface area contributed by atoms with Crippen LogP contribution in [0.2, 0.25) is 0 Å². The average Bonchev–Trinajstić information content (AvgIpc) is 2.88. The molecule has 1 heterocycles. The van der Waals surface area contributed by atoms with Crippen LogP contribution in [0.15, 0.2) is 0 Å². The molecule has 0 bridgehead atoms. The minimum atomic E-state index is 0.0556. The molecule has 1 aliphatic carbocycles. The summed E-state index contributed by atoms with van der Waals surface area (Å²) in [5, 5.41) is 22.0. The Hall–Kier alpha value is -0.680. The first kappa shape index (κ1) is 8.90. The number of hydrogen-bond acceptors (Lipinski definition) is 5. The van der Waals surface area contributed by atoms with Crippen molar-refractivity contribution in [3.8, 4) is 0 Å². The summed E-state index contributed by atoms with van der Waals surface area (Å²) in [6.07, 6.45) is 2.51. The number of aromatic nitrogens is 2. The van der Waals surface area contributed by atoms with Gasteiger partial charge in [-0.05, 0) is 19.8 Å². The topological polar surface area (TPSA) is 58.0 Å². The van der Waals surface area contributed by atoms with Gasteiger partial charge in [0.2, 0.25) is 5.13 Å². The molecule has 4 nitrogen and oxygen atoms in total. The number of nitrogens with zero attached hydrogens (tertiary/aromatic N) is 2. The van der Waals surface area contributed by atoms with Gasteiger partial charge in [0.25, 0.3) is 0 Å². The predicted octanol–water partition coefficient (Wildman–Crippen LogP) is 1.21. The zero-order valence-electron chi connectivity index (χ0n) is 7.53. The van der Waals surface area contributed by atoms with Gasteiger partial charge < -0.3 is 10.4 Å². The fraction of sp³-hybridized carbons (Fsp3) is 0.750. The lowest BCUT2D eigenvalue weighted by molar-refractivity contribution is 0.281. The van der Waals surface area contributed by atoms with Crippen LogP contribution in [0.25, 0.3) is 0 Å². The van der Waals surface area contributed by atoms with Gasteiger partial charge in [-0.1, -0.05) is 11.3 Å². The van der Waals surface area contributed by atoms with Crippen molar-refractivity contribution in [1.82, 2.24) is 10.2 Å². The maximum atomic E-state index is 8.82. The molecule has 2 N–H and O–H groups in total. The lowest BCUT2D eigenvalue weighted by Crippen LogP contribution is -2.18. The van der Waals surface area contributed by atoms with Gasteiger partial charge in [0.05, 0.1) is 6.61 Å². The molecule has 1 aromatic heterocycles. The molecule has 0 aliphatic heterocycles. The first-order chi connectivity index (χ1) is 6.29. The Morgan fingerprint density at radius 2 is 2.38 bits per heavy atom. The van der Waals surface area contributed by atoms with Crippen molar-refractivity contribution in [1.29, 1.82) is 0 Å². The Morgan fingerprint density at radius 3 is 3.00 bits per heavy atom. The standard InChI is InChI=1S/C8H13N3OS/c1-5(4-12)9-8-11-10-7(13-8)6-2-3-6/h5-6,12H,2-4H2,1H3,(H,9,11). The maximum absolute atomic E-state index is 8.82. The molecule has 0 aromatic carbocycles. The molecule has 1 saturated carbocycles. The molecule has 1 aromatic rings. The molecule has 1 fully saturated rings. The Kier molecular flexibility index (Phi) is 2.46. The molecule has 0 amide bonds. The van der Waals surface area contributed by atoms with Crippen LogP contribution in [0.3, 0.4) is 0 Å². The van der Waals surface area contributed by atoms with Crippen molar-refractivity contribution < 1.29 is 5.11 Å². The number of rotatable bonds is 4. The van der Waals surface area contributed by atoms with Crippen molar-refractivity contribution in [2.75, 3.05) is 11.9 Å². The summed E-state index contributed by atoms with van der Waals surface area (Å²) >= 11 is 1.60. The molecule has 2 rings (SSSR count). The Morgan fingerprint density at radius 1 is 1.62 bits per heavy atom. The third kappa shape index (κ3) is 2.16. The average molecular weight is 199 g/mol. The summed E-state index contributed by atoms with van der Waals surface area (Å²) < 4.78 is 0. The summed E-state index contributed by atoms with van der Waals surface area (Å²) in [6.45, 7) is 2.04. The highest BCUT2D eigenvalue weighted by molar-refractivity contribution is 7.15. The van der Waals surface area contributed by atoms with Crippen LogP contribution in [-0.4, -0.2) is 28.0 Å². The molecular formula is C8H13N3OS. The summed E-state index contributed by atoms with van der Waals surface area (Å²) in [4.78, 5) is 0. The van der Waals surface area contributed by atoms with E-state index in [4.69, 9.17) is 5.11 Å². The highest BCUT2D eigenvalue weighted by atomic mass is 32.1. The van der Waals surface area contributed by atoms with Gasteiger partial charge in [-0.25, -0.2) is 0 Å². The summed E-state index contributed by atoms with van der Waals surface area (Å²) in [5.41, 5.74) is 0. The van der Waals surface area contributed by atoms with E-state index in [0.29, 0.717) is 5.92 Å². The van der Waals surface area contributed by atoms with Crippen molar-refractivity contribution in [2.24, 2.45) is 0 Å². The molecule has 5 heteroatoms. The van der Waals surface area contributed by atoms with Gasteiger partial charge in [0.1, 0.15) is 5.01 Å². The second kappa shape index (κ2) is 3.59. The zero-order valence-corrected chi connectivity index (χ0v) is 8.34. The molecular weight excluding hydrogens is 186 g/mol. The van der Waals surface area contributed by atoms with E-state index in [-0.39, 0.29) is 12.6 Å². The summed E-state index contributed by atoms with van der Waals surface area (Å²) in [6, 6.07) is 0.0556. The number of anilines is 1. The molecule has 0 spiro atoms. The van der Waals surface area contributed by atoms with E-state index in [2.05, 4.69) is 15.5 Å². The zero-order chi connectivity index (χ0) is 9.26. The highest BCUT2D eigenvalue weighted by Gasteiger charge is 2.27. The quantitative estimate of drug-likeness (QED) is 0.765. The van der Waals surface area contributed by atoms with E-state index in [9.17, 15) is 0 Å². The van der Waals surface area contributed by atoms with E-state index >= 15 is 0 Å². The van der Waals surface area contributed by atoms with E-state index in [0.717, 1.165) is 10.1 Å². The second-order valence-corrected chi connectivity index (χ2v) is 4.46. The smallest absolute Gasteiger partial charge is 0.205 e. The molecule has 1 unspecified atom stereocenters. The van der Waals surface area contributed by atoms with Gasteiger partial charge in [-0.15, -0.1) is 10.2 Å². The van der Waals surface area contributed by atoms with E-state index in [1.54, 1.807) is 11.3 Å². The number of aliphatic hydroxyl groups is 1. The van der Waals surface area contributed by atoms with Crippen molar-refractivity contribution in [3.05, 3.63) is 5.01 Å². The lowest BCUT2D eigenvalue weighted by atomic mass is 10.4. The summed E-state index contributed by atoms with van der Waals surface area (Å²) in [7, 11) is 0. The molecule has 0 saturated heterocycles. The molecule has 13 heavy (non-hydrogen) atoms. The third-order valence-electron chi connectivity index (χ3n) is 2.01. The third-order valence-corrected chi connectivity index (χ3v) is 3.03. The predicted molar refractivity (Wildman–Crippen MR) is 52.1 cm³/mol. The van der Waals surface area contributed by atoms with Gasteiger partial charge in [-0.2, -0.15) is 0 Å². The van der Waals surface area contributed by atoms with Crippen LogP contribution in [0.5, 0.6) is 0 Å². The number of aliphatic hydroxyl groups excluding tert-OH is 1. The van der Waals surface area contributed by atoms with Gasteiger partial charge in [0.15, 0.2) is 0 Å². The van der Waals surface area contributed by atoms with Crippen molar-refractivity contribution in [2.45, 2.75) is 31.7 Å². The Labute approximate surface area is 81.0 Å². The SMILES string of the molecule is CC(CO)Nc1nnc(C2CC2)s1. The maximum Gasteiger partial charge on any atom is 0.205 e. The largest absolute Gasteiger partial charge is 0.394 e. The minimum Gasteiger partial charge on any atom is -0.394 e. The Balaban J connectivity index is 1.96. The van der Waals surface area contributed by atoms with Crippen LogP contribution < -0.4 is 5.32 Å².